The molecule has 0 spiro atoms. The summed E-state index contributed by atoms with van der Waals surface area (Å²) in [6, 6.07) is 16.9. The van der Waals surface area contributed by atoms with Crippen molar-refractivity contribution in [3.05, 3.63) is 71.0 Å². The number of carbonyl (C=O) groups is 1. The summed E-state index contributed by atoms with van der Waals surface area (Å²) >= 11 is 6.47. The van der Waals surface area contributed by atoms with Gasteiger partial charge in [-0.05, 0) is 23.8 Å². The van der Waals surface area contributed by atoms with E-state index in [0.29, 0.717) is 39.9 Å². The van der Waals surface area contributed by atoms with Crippen molar-refractivity contribution < 1.29 is 14.3 Å². The van der Waals surface area contributed by atoms with Crippen molar-refractivity contribution in [1.82, 2.24) is 19.9 Å². The maximum Gasteiger partial charge on any atom is 0.287 e. The Bertz CT molecular complexity index is 1250. The fraction of sp³-hybridized carbons (Fsp3) is 0.174. The van der Waals surface area contributed by atoms with Crippen molar-refractivity contribution in [2.45, 2.75) is 6.54 Å². The molecule has 0 aliphatic heterocycles. The van der Waals surface area contributed by atoms with Gasteiger partial charge in [0.2, 0.25) is 5.82 Å². The van der Waals surface area contributed by atoms with Gasteiger partial charge in [-0.15, -0.1) is 0 Å². The summed E-state index contributed by atoms with van der Waals surface area (Å²) < 4.78 is 12.2. The van der Waals surface area contributed by atoms with Crippen molar-refractivity contribution in [3.63, 3.8) is 0 Å². The molecule has 0 aliphatic carbocycles. The van der Waals surface area contributed by atoms with Gasteiger partial charge in [-0.3, -0.25) is 4.79 Å². The van der Waals surface area contributed by atoms with Gasteiger partial charge in [0.15, 0.2) is 17.1 Å². The molecule has 158 valence electrons. The van der Waals surface area contributed by atoms with Crippen LogP contribution in [0.1, 0.15) is 16.2 Å². The van der Waals surface area contributed by atoms with E-state index >= 15 is 0 Å². The highest BCUT2D eigenvalue weighted by Crippen LogP contribution is 2.30. The minimum absolute atomic E-state index is 0.254. The second-order valence-electron chi connectivity index (χ2n) is 6.89. The molecule has 0 saturated heterocycles. The van der Waals surface area contributed by atoms with Crippen LogP contribution in [0.2, 0.25) is 5.02 Å². The molecule has 0 atom stereocenters. The van der Waals surface area contributed by atoms with Crippen LogP contribution >= 0.6 is 11.6 Å². The second-order valence-corrected chi connectivity index (χ2v) is 7.30. The first-order valence-electron chi connectivity index (χ1n) is 9.59. The first-order valence-corrected chi connectivity index (χ1v) is 9.97. The van der Waals surface area contributed by atoms with Gasteiger partial charge >= 0.3 is 0 Å². The fourth-order valence-electron chi connectivity index (χ4n) is 3.34. The molecule has 0 bridgehead atoms. The number of hydrogen-bond acceptors (Lipinski definition) is 5. The van der Waals surface area contributed by atoms with Crippen molar-refractivity contribution in [3.8, 4) is 22.8 Å². The predicted molar refractivity (Wildman–Crippen MR) is 120 cm³/mol. The molecule has 0 saturated carbocycles. The summed E-state index contributed by atoms with van der Waals surface area (Å²) in [6.45, 7) is 0.311. The van der Waals surface area contributed by atoms with Crippen molar-refractivity contribution in [1.29, 1.82) is 0 Å². The molecule has 1 N–H and O–H groups in total. The zero-order valence-corrected chi connectivity index (χ0v) is 18.1. The highest BCUT2D eigenvalue weighted by molar-refractivity contribution is 6.33. The number of benzene rings is 2. The summed E-state index contributed by atoms with van der Waals surface area (Å²) in [7, 11) is 4.91. The molecule has 2 heterocycles. The minimum atomic E-state index is -0.312. The van der Waals surface area contributed by atoms with Crippen LogP contribution in [0.3, 0.4) is 0 Å². The molecule has 2 aromatic carbocycles. The number of nitrogens with one attached hydrogen (secondary N) is 1. The molecule has 1 amide bonds. The van der Waals surface area contributed by atoms with Gasteiger partial charge < -0.3 is 19.4 Å². The highest BCUT2D eigenvalue weighted by Gasteiger charge is 2.18. The number of imidazole rings is 1. The molecular formula is C23H21ClN4O3. The van der Waals surface area contributed by atoms with Crippen LogP contribution in [0.4, 0.5) is 0 Å². The van der Waals surface area contributed by atoms with Crippen LogP contribution in [-0.2, 0) is 13.6 Å². The second kappa shape index (κ2) is 8.65. The Morgan fingerprint density at radius 2 is 1.77 bits per heavy atom. The topological polar surface area (TPSA) is 78.3 Å². The third-order valence-corrected chi connectivity index (χ3v) is 5.27. The minimum Gasteiger partial charge on any atom is -0.493 e. The first kappa shape index (κ1) is 20.7. The van der Waals surface area contributed by atoms with Gasteiger partial charge in [0, 0.05) is 19.2 Å². The Balaban J connectivity index is 1.59. The Hall–Kier alpha value is -3.58. The Morgan fingerprint density at radius 1 is 1.03 bits per heavy atom. The third-order valence-electron chi connectivity index (χ3n) is 4.98. The van der Waals surface area contributed by atoms with Crippen LogP contribution in [0.5, 0.6) is 11.5 Å². The molecule has 7 nitrogen and oxygen atoms in total. The molecular weight excluding hydrogens is 416 g/mol. The van der Waals surface area contributed by atoms with Gasteiger partial charge in [0.1, 0.15) is 0 Å². The van der Waals surface area contributed by atoms with Crippen molar-refractivity contribution in [2.24, 2.45) is 7.05 Å². The number of methoxy groups -OCH3 is 2. The average Bonchev–Trinajstić information content (AvgIpc) is 3.12. The third kappa shape index (κ3) is 4.04. The monoisotopic (exact) mass is 436 g/mol. The first-order chi connectivity index (χ1) is 15.0. The maximum atomic E-state index is 12.8. The van der Waals surface area contributed by atoms with E-state index in [1.54, 1.807) is 38.0 Å². The number of nitrogens with zero attached hydrogens (tertiary/aromatic N) is 3. The number of aryl methyl sites for hydroxylation is 1. The standard InChI is InChI=1S/C23H21ClN4O3/c1-28-17-12-16(24)20(15-7-5-4-6-8-15)26-21(17)27-22(28)23(29)25-13-14-9-10-18(30-2)19(11-14)31-3/h4-12H,13H2,1-3H3,(H,25,29). The van der Waals surface area contributed by atoms with Crippen LogP contribution in [0.25, 0.3) is 22.4 Å². The van der Waals surface area contributed by atoms with E-state index in [4.69, 9.17) is 21.1 Å². The van der Waals surface area contributed by atoms with Crippen LogP contribution in [0.15, 0.2) is 54.6 Å². The highest BCUT2D eigenvalue weighted by atomic mass is 35.5. The SMILES string of the molecule is COc1ccc(CNC(=O)c2nc3nc(-c4ccccc4)c(Cl)cc3n2C)cc1OC. The number of rotatable bonds is 6. The molecule has 0 aliphatic rings. The van der Waals surface area contributed by atoms with E-state index in [1.807, 2.05) is 42.5 Å². The van der Waals surface area contributed by atoms with Gasteiger partial charge in [0.25, 0.3) is 5.91 Å². The lowest BCUT2D eigenvalue weighted by Crippen LogP contribution is -2.25. The number of aromatic nitrogens is 3. The lowest BCUT2D eigenvalue weighted by atomic mass is 10.1. The van der Waals surface area contributed by atoms with E-state index < -0.39 is 0 Å². The average molecular weight is 437 g/mol. The molecule has 4 aromatic rings. The van der Waals surface area contributed by atoms with E-state index in [-0.39, 0.29) is 11.7 Å². The smallest absolute Gasteiger partial charge is 0.287 e. The van der Waals surface area contributed by atoms with Crippen molar-refractivity contribution >= 4 is 28.7 Å². The molecule has 0 fully saturated rings. The van der Waals surface area contributed by atoms with Gasteiger partial charge in [0.05, 0.1) is 30.5 Å². The maximum absolute atomic E-state index is 12.8. The summed E-state index contributed by atoms with van der Waals surface area (Å²) in [5, 5.41) is 3.39. The number of amides is 1. The molecule has 0 radical (unpaired) electrons. The van der Waals surface area contributed by atoms with Gasteiger partial charge in [-0.25, -0.2) is 9.97 Å². The number of pyridine rings is 1. The molecule has 2 aromatic heterocycles. The normalized spacial score (nSPS) is 10.8. The lowest BCUT2D eigenvalue weighted by molar-refractivity contribution is 0.0938. The summed E-state index contributed by atoms with van der Waals surface area (Å²) in [6.07, 6.45) is 0. The number of carbonyl (C=O) groups excluding carboxylic acids is 1. The molecule has 8 heteroatoms. The van der Waals surface area contributed by atoms with Crippen molar-refractivity contribution in [2.75, 3.05) is 14.2 Å². The number of halogens is 1. The summed E-state index contributed by atoms with van der Waals surface area (Å²) in [5.41, 5.74) is 3.53. The molecule has 31 heavy (non-hydrogen) atoms. The zero-order valence-electron chi connectivity index (χ0n) is 17.3. The number of ether oxygens (including phenoxy) is 2. The fourth-order valence-corrected chi connectivity index (χ4v) is 3.60. The lowest BCUT2D eigenvalue weighted by Gasteiger charge is -2.10. The summed E-state index contributed by atoms with van der Waals surface area (Å²) in [4.78, 5) is 21.9. The molecule has 4 rings (SSSR count). The van der Waals surface area contributed by atoms with Crippen LogP contribution in [-0.4, -0.2) is 34.7 Å². The Kier molecular flexibility index (Phi) is 5.77. The van der Waals surface area contributed by atoms with Crippen LogP contribution in [0, 0.1) is 0 Å². The zero-order chi connectivity index (χ0) is 22.0. The van der Waals surface area contributed by atoms with Gasteiger partial charge in [-0.1, -0.05) is 48.0 Å². The quantitative estimate of drug-likeness (QED) is 0.489. The molecule has 0 unspecified atom stereocenters. The van der Waals surface area contributed by atoms with Gasteiger partial charge in [-0.2, -0.15) is 0 Å². The number of hydrogen-bond donors (Lipinski definition) is 1. The van der Waals surface area contributed by atoms with E-state index in [9.17, 15) is 4.79 Å². The van der Waals surface area contributed by atoms with Crippen LogP contribution < -0.4 is 14.8 Å². The summed E-state index contributed by atoms with van der Waals surface area (Å²) in [5.74, 6) is 1.17. The predicted octanol–water partition coefficient (Wildman–Crippen LogP) is 4.24. The Morgan fingerprint density at radius 3 is 2.48 bits per heavy atom. The van der Waals surface area contributed by atoms with E-state index in [0.717, 1.165) is 11.1 Å². The Labute approximate surface area is 184 Å². The van der Waals surface area contributed by atoms with E-state index in [2.05, 4.69) is 15.3 Å². The largest absolute Gasteiger partial charge is 0.493 e. The van der Waals surface area contributed by atoms with E-state index in [1.165, 1.54) is 0 Å². The number of fused-ring (bicyclic) bond motifs is 1.